The number of rotatable bonds is 10. The highest BCUT2D eigenvalue weighted by molar-refractivity contribution is 4.70. The van der Waals surface area contributed by atoms with Gasteiger partial charge < -0.3 is 20.3 Å². The molecule has 0 aliphatic carbocycles. The van der Waals surface area contributed by atoms with Crippen molar-refractivity contribution in [2.75, 3.05) is 26.3 Å². The van der Waals surface area contributed by atoms with Crippen LogP contribution in [0.4, 0.5) is 0 Å². The van der Waals surface area contributed by atoms with Crippen LogP contribution in [0.3, 0.4) is 0 Å². The van der Waals surface area contributed by atoms with Gasteiger partial charge in [0.15, 0.2) is 0 Å². The highest BCUT2D eigenvalue weighted by Crippen LogP contribution is 2.03. The summed E-state index contributed by atoms with van der Waals surface area (Å²) in [5, 5.41) is 22.0. The molecule has 0 aliphatic rings. The minimum absolute atomic E-state index is 0.358. The fourth-order valence-corrected chi connectivity index (χ4v) is 1.42. The van der Waals surface area contributed by atoms with Gasteiger partial charge in [-0.1, -0.05) is 13.8 Å². The molecular weight excluding hydrogens is 218 g/mol. The van der Waals surface area contributed by atoms with Gasteiger partial charge in [0.2, 0.25) is 0 Å². The van der Waals surface area contributed by atoms with E-state index in [1.165, 1.54) is 0 Å². The van der Waals surface area contributed by atoms with E-state index in [1.807, 2.05) is 0 Å². The molecule has 0 amide bonds. The Morgan fingerprint density at radius 3 is 2.47 bits per heavy atom. The van der Waals surface area contributed by atoms with Crippen LogP contribution in [-0.2, 0) is 4.74 Å². The molecule has 0 aromatic heterocycles. The quantitative estimate of drug-likeness (QED) is 0.507. The fraction of sp³-hybridized carbons (Fsp3) is 1.00. The van der Waals surface area contributed by atoms with E-state index < -0.39 is 11.7 Å². The largest absolute Gasteiger partial charge is 0.389 e. The molecule has 0 rings (SSSR count). The molecule has 0 saturated carbocycles. The van der Waals surface area contributed by atoms with Crippen LogP contribution in [0.15, 0.2) is 0 Å². The minimum atomic E-state index is -0.738. The van der Waals surface area contributed by atoms with Crippen molar-refractivity contribution < 1.29 is 14.9 Å². The van der Waals surface area contributed by atoms with E-state index in [9.17, 15) is 10.2 Å². The summed E-state index contributed by atoms with van der Waals surface area (Å²) in [6.07, 6.45) is 1.70. The van der Waals surface area contributed by atoms with Crippen LogP contribution in [0.5, 0.6) is 0 Å². The second-order valence-corrected chi connectivity index (χ2v) is 5.71. The third-order valence-corrected chi connectivity index (χ3v) is 2.32. The van der Waals surface area contributed by atoms with E-state index in [1.54, 1.807) is 13.8 Å². The van der Waals surface area contributed by atoms with Crippen LogP contribution in [0.25, 0.3) is 0 Å². The third kappa shape index (κ3) is 13.8. The molecule has 3 N–H and O–H groups in total. The number of nitrogens with one attached hydrogen (secondary N) is 1. The average Bonchev–Trinajstić information content (AvgIpc) is 2.14. The van der Waals surface area contributed by atoms with Gasteiger partial charge in [-0.2, -0.15) is 0 Å². The Bertz CT molecular complexity index is 178. The van der Waals surface area contributed by atoms with Crippen molar-refractivity contribution in [2.24, 2.45) is 5.92 Å². The summed E-state index contributed by atoms with van der Waals surface area (Å²) in [6.45, 7) is 9.83. The van der Waals surface area contributed by atoms with Crippen LogP contribution >= 0.6 is 0 Å². The van der Waals surface area contributed by atoms with Crippen molar-refractivity contribution >= 4 is 0 Å². The molecule has 104 valence electrons. The van der Waals surface area contributed by atoms with Crippen LogP contribution in [0.1, 0.15) is 40.5 Å². The first-order valence-corrected chi connectivity index (χ1v) is 6.50. The normalized spacial score (nSPS) is 14.3. The molecule has 0 aliphatic heterocycles. The van der Waals surface area contributed by atoms with Crippen molar-refractivity contribution in [3.05, 3.63) is 0 Å². The standard InChI is InChI=1S/C13H29NO3/c1-11(2)6-5-7-17-9-12(15)8-14-10-13(3,4)16/h11-12,14-16H,5-10H2,1-4H3. The zero-order chi connectivity index (χ0) is 13.3. The van der Waals surface area contributed by atoms with Gasteiger partial charge in [-0.3, -0.25) is 0 Å². The predicted octanol–water partition coefficient (Wildman–Crippen LogP) is 1.16. The summed E-state index contributed by atoms with van der Waals surface area (Å²) in [5.74, 6) is 0.706. The summed E-state index contributed by atoms with van der Waals surface area (Å²) >= 11 is 0. The lowest BCUT2D eigenvalue weighted by atomic mass is 10.1. The molecule has 1 atom stereocenters. The number of hydrogen-bond acceptors (Lipinski definition) is 4. The van der Waals surface area contributed by atoms with Gasteiger partial charge in [-0.05, 0) is 32.6 Å². The first kappa shape index (κ1) is 16.8. The molecule has 0 spiro atoms. The molecule has 4 heteroatoms. The Labute approximate surface area is 105 Å². The van der Waals surface area contributed by atoms with Crippen LogP contribution in [0.2, 0.25) is 0 Å². The van der Waals surface area contributed by atoms with Gasteiger partial charge in [-0.15, -0.1) is 0 Å². The number of aliphatic hydroxyl groups is 2. The monoisotopic (exact) mass is 247 g/mol. The Morgan fingerprint density at radius 1 is 1.29 bits per heavy atom. The zero-order valence-electron chi connectivity index (χ0n) is 11.7. The molecule has 0 radical (unpaired) electrons. The van der Waals surface area contributed by atoms with Crippen molar-refractivity contribution in [2.45, 2.75) is 52.2 Å². The van der Waals surface area contributed by atoms with Gasteiger partial charge >= 0.3 is 0 Å². The van der Waals surface area contributed by atoms with E-state index in [-0.39, 0.29) is 0 Å². The highest BCUT2D eigenvalue weighted by Gasteiger charge is 2.12. The topological polar surface area (TPSA) is 61.7 Å². The maximum atomic E-state index is 9.59. The molecule has 0 aromatic rings. The number of aliphatic hydroxyl groups excluding tert-OH is 1. The lowest BCUT2D eigenvalue weighted by molar-refractivity contribution is 0.0285. The summed E-state index contributed by atoms with van der Waals surface area (Å²) in [5.41, 5.74) is -0.738. The lowest BCUT2D eigenvalue weighted by Crippen LogP contribution is -2.39. The summed E-state index contributed by atoms with van der Waals surface area (Å²) in [4.78, 5) is 0. The first-order valence-electron chi connectivity index (χ1n) is 6.50. The van der Waals surface area contributed by atoms with Crippen LogP contribution in [0, 0.1) is 5.92 Å². The molecule has 4 nitrogen and oxygen atoms in total. The predicted molar refractivity (Wildman–Crippen MR) is 70.1 cm³/mol. The summed E-state index contributed by atoms with van der Waals surface area (Å²) < 4.78 is 5.38. The Morgan fingerprint density at radius 2 is 1.94 bits per heavy atom. The fourth-order valence-electron chi connectivity index (χ4n) is 1.42. The SMILES string of the molecule is CC(C)CCCOCC(O)CNCC(C)(C)O. The second kappa shape index (κ2) is 8.86. The molecule has 0 saturated heterocycles. The molecule has 0 heterocycles. The second-order valence-electron chi connectivity index (χ2n) is 5.71. The number of ether oxygens (including phenoxy) is 1. The van der Waals surface area contributed by atoms with Gasteiger partial charge in [-0.25, -0.2) is 0 Å². The molecule has 1 unspecified atom stereocenters. The van der Waals surface area contributed by atoms with E-state index in [0.717, 1.165) is 12.8 Å². The molecule has 0 fully saturated rings. The van der Waals surface area contributed by atoms with E-state index in [4.69, 9.17) is 4.74 Å². The average molecular weight is 247 g/mol. The molecule has 0 aromatic carbocycles. The molecular formula is C13H29NO3. The highest BCUT2D eigenvalue weighted by atomic mass is 16.5. The minimum Gasteiger partial charge on any atom is -0.389 e. The molecule has 17 heavy (non-hydrogen) atoms. The van der Waals surface area contributed by atoms with Gasteiger partial charge in [0.25, 0.3) is 0 Å². The Hall–Kier alpha value is -0.160. The zero-order valence-corrected chi connectivity index (χ0v) is 11.7. The van der Waals surface area contributed by atoms with Crippen molar-refractivity contribution in [1.29, 1.82) is 0 Å². The first-order chi connectivity index (χ1) is 7.81. The van der Waals surface area contributed by atoms with Gasteiger partial charge in [0.05, 0.1) is 18.3 Å². The smallest absolute Gasteiger partial charge is 0.0897 e. The number of hydrogen-bond donors (Lipinski definition) is 3. The van der Waals surface area contributed by atoms with E-state index in [0.29, 0.717) is 32.2 Å². The third-order valence-electron chi connectivity index (χ3n) is 2.32. The van der Waals surface area contributed by atoms with Gasteiger partial charge in [0, 0.05) is 19.7 Å². The molecule has 0 bridgehead atoms. The Kier molecular flexibility index (Phi) is 8.78. The van der Waals surface area contributed by atoms with Crippen LogP contribution < -0.4 is 5.32 Å². The maximum Gasteiger partial charge on any atom is 0.0897 e. The summed E-state index contributed by atoms with van der Waals surface area (Å²) in [7, 11) is 0. The van der Waals surface area contributed by atoms with Gasteiger partial charge in [0.1, 0.15) is 0 Å². The van der Waals surface area contributed by atoms with E-state index >= 15 is 0 Å². The van der Waals surface area contributed by atoms with Crippen molar-refractivity contribution in [3.8, 4) is 0 Å². The maximum absolute atomic E-state index is 9.59. The lowest BCUT2D eigenvalue weighted by Gasteiger charge is -2.19. The van der Waals surface area contributed by atoms with Crippen molar-refractivity contribution in [1.82, 2.24) is 5.32 Å². The summed E-state index contributed by atoms with van der Waals surface area (Å²) in [6, 6.07) is 0. The Balaban J connectivity index is 3.32. The van der Waals surface area contributed by atoms with Crippen LogP contribution in [-0.4, -0.2) is 48.2 Å². The van der Waals surface area contributed by atoms with E-state index in [2.05, 4.69) is 19.2 Å². The van der Waals surface area contributed by atoms with Crippen molar-refractivity contribution in [3.63, 3.8) is 0 Å².